The van der Waals surface area contributed by atoms with Gasteiger partial charge in [0, 0.05) is 18.5 Å². The van der Waals surface area contributed by atoms with E-state index in [2.05, 4.69) is 22.4 Å². The summed E-state index contributed by atoms with van der Waals surface area (Å²) in [6.07, 6.45) is -0.255. The number of fused-ring (bicyclic) bond motifs is 2. The third-order valence-corrected chi connectivity index (χ3v) is 5.37. The molecule has 3 aliphatic rings. The van der Waals surface area contributed by atoms with Crippen molar-refractivity contribution in [1.29, 1.82) is 10.5 Å². The molecule has 1 aromatic carbocycles. The minimum Gasteiger partial charge on any atom is -0.386 e. The lowest BCUT2D eigenvalue weighted by molar-refractivity contribution is -0.193. The molecule has 2 aliphatic heterocycles. The summed E-state index contributed by atoms with van der Waals surface area (Å²) >= 11 is 0. The van der Waals surface area contributed by atoms with E-state index < -0.39 is 22.7 Å². The van der Waals surface area contributed by atoms with Gasteiger partial charge in [0.2, 0.25) is 5.91 Å². The molecule has 1 saturated heterocycles. The number of nitrogens with zero attached hydrogens (tertiary/aromatic N) is 3. The van der Waals surface area contributed by atoms with E-state index in [1.54, 1.807) is 24.3 Å². The molecule has 26 heavy (non-hydrogen) atoms. The van der Waals surface area contributed by atoms with Crippen molar-refractivity contribution in [3.8, 4) is 12.1 Å². The van der Waals surface area contributed by atoms with E-state index in [4.69, 9.17) is 15.2 Å². The molecule has 0 aromatic heterocycles. The van der Waals surface area contributed by atoms with Crippen LogP contribution in [0.1, 0.15) is 25.3 Å². The number of amides is 1. The van der Waals surface area contributed by atoms with Crippen molar-refractivity contribution in [3.63, 3.8) is 0 Å². The standard InChI is InChI=1S/C18H17N5O3/c1-10-7-25-18(26-10)17(9-20)14(16(17,8-19)15(21)23-18)12-3-5-13(6-4-12)22-11(2)24/h3-6,10,14H,7H2,1-2H3,(H2,21,23)(H,22,24)/t10-,14-,16-,17+,18+/m1/s1. The zero-order chi connectivity index (χ0) is 18.7. The van der Waals surface area contributed by atoms with E-state index in [9.17, 15) is 15.3 Å². The van der Waals surface area contributed by atoms with Gasteiger partial charge < -0.3 is 20.5 Å². The van der Waals surface area contributed by atoms with Crippen LogP contribution < -0.4 is 11.1 Å². The summed E-state index contributed by atoms with van der Waals surface area (Å²) in [6.45, 7) is 3.51. The highest BCUT2D eigenvalue weighted by Gasteiger charge is 2.94. The summed E-state index contributed by atoms with van der Waals surface area (Å²) in [5, 5.41) is 22.7. The lowest BCUT2D eigenvalue weighted by atomic mass is 9.94. The van der Waals surface area contributed by atoms with Crippen molar-refractivity contribution in [2.24, 2.45) is 21.6 Å². The first-order valence-electron chi connectivity index (χ1n) is 8.24. The van der Waals surface area contributed by atoms with Gasteiger partial charge in [-0.1, -0.05) is 12.1 Å². The Morgan fingerprint density at radius 1 is 1.35 bits per heavy atom. The molecule has 1 aromatic rings. The third-order valence-electron chi connectivity index (χ3n) is 5.37. The lowest BCUT2D eigenvalue weighted by Crippen LogP contribution is -2.39. The van der Waals surface area contributed by atoms with Crippen LogP contribution in [0.25, 0.3) is 0 Å². The molecule has 8 nitrogen and oxygen atoms in total. The van der Waals surface area contributed by atoms with Crippen molar-refractivity contribution in [2.75, 3.05) is 11.9 Å². The first-order chi connectivity index (χ1) is 12.4. The molecular weight excluding hydrogens is 334 g/mol. The number of aliphatic imine (C=N–C) groups is 1. The zero-order valence-corrected chi connectivity index (χ0v) is 14.3. The number of nitrogens with two attached hydrogens (primary N) is 1. The molecule has 0 radical (unpaired) electrons. The van der Waals surface area contributed by atoms with E-state index >= 15 is 0 Å². The van der Waals surface area contributed by atoms with Crippen LogP contribution in [0.2, 0.25) is 0 Å². The first-order valence-corrected chi connectivity index (χ1v) is 8.24. The molecule has 2 heterocycles. The second-order valence-electron chi connectivity index (χ2n) is 6.89. The Hall–Kier alpha value is -2.94. The monoisotopic (exact) mass is 351 g/mol. The Kier molecular flexibility index (Phi) is 3.20. The van der Waals surface area contributed by atoms with Crippen molar-refractivity contribution < 1.29 is 14.3 Å². The molecule has 0 unspecified atom stereocenters. The number of ether oxygens (including phenoxy) is 2. The Morgan fingerprint density at radius 2 is 2.04 bits per heavy atom. The highest BCUT2D eigenvalue weighted by atomic mass is 16.8. The molecular formula is C18H17N5O3. The van der Waals surface area contributed by atoms with Crippen LogP contribution in [-0.2, 0) is 14.3 Å². The number of hydrogen-bond donors (Lipinski definition) is 2. The molecule has 5 atom stereocenters. The molecule has 132 valence electrons. The van der Waals surface area contributed by atoms with Gasteiger partial charge in [0.05, 0.1) is 24.8 Å². The summed E-state index contributed by atoms with van der Waals surface area (Å²) in [5.74, 6) is -2.20. The Balaban J connectivity index is 1.79. The van der Waals surface area contributed by atoms with Crippen molar-refractivity contribution >= 4 is 17.4 Å². The predicted molar refractivity (Wildman–Crippen MR) is 90.4 cm³/mol. The van der Waals surface area contributed by atoms with E-state index in [0.29, 0.717) is 5.69 Å². The van der Waals surface area contributed by atoms with E-state index in [1.165, 1.54) is 6.92 Å². The van der Waals surface area contributed by atoms with Gasteiger partial charge in [0.15, 0.2) is 5.41 Å². The third kappa shape index (κ3) is 1.68. The molecule has 1 aliphatic carbocycles. The fourth-order valence-corrected chi connectivity index (χ4v) is 4.32. The largest absolute Gasteiger partial charge is 0.386 e. The second-order valence-corrected chi connectivity index (χ2v) is 6.89. The topological polar surface area (TPSA) is 134 Å². The maximum Gasteiger partial charge on any atom is 0.293 e. The van der Waals surface area contributed by atoms with E-state index in [0.717, 1.165) is 5.56 Å². The predicted octanol–water partition coefficient (Wildman–Crippen LogP) is 1.22. The lowest BCUT2D eigenvalue weighted by Gasteiger charge is -2.26. The normalized spacial score (nSPS) is 39.6. The Labute approximate surface area is 150 Å². The number of nitriles is 2. The molecule has 3 N–H and O–H groups in total. The summed E-state index contributed by atoms with van der Waals surface area (Å²) in [6, 6.07) is 11.4. The van der Waals surface area contributed by atoms with Crippen molar-refractivity contribution in [1.82, 2.24) is 0 Å². The summed E-state index contributed by atoms with van der Waals surface area (Å²) in [7, 11) is 0. The average molecular weight is 351 g/mol. The number of carbonyl (C=O) groups is 1. The number of carbonyl (C=O) groups excluding carboxylic acids is 1. The van der Waals surface area contributed by atoms with Gasteiger partial charge in [-0.2, -0.15) is 10.5 Å². The molecule has 1 saturated carbocycles. The molecule has 0 bridgehead atoms. The quantitative estimate of drug-likeness (QED) is 0.823. The number of hydrogen-bond acceptors (Lipinski definition) is 7. The maximum absolute atomic E-state index is 11.2. The van der Waals surface area contributed by atoms with Crippen LogP contribution in [0.5, 0.6) is 0 Å². The van der Waals surface area contributed by atoms with Gasteiger partial charge in [-0.15, -0.1) is 0 Å². The van der Waals surface area contributed by atoms with Gasteiger partial charge in [-0.25, -0.2) is 4.99 Å². The highest BCUT2D eigenvalue weighted by Crippen LogP contribution is 2.82. The average Bonchev–Trinajstić information content (AvgIpc) is 2.99. The zero-order valence-electron chi connectivity index (χ0n) is 14.3. The van der Waals surface area contributed by atoms with Crippen molar-refractivity contribution in [3.05, 3.63) is 29.8 Å². The summed E-state index contributed by atoms with van der Waals surface area (Å²) < 4.78 is 11.6. The van der Waals surface area contributed by atoms with E-state index in [1.807, 2.05) is 6.92 Å². The molecule has 1 amide bonds. The number of nitrogens with one attached hydrogen (secondary N) is 1. The van der Waals surface area contributed by atoms with Gasteiger partial charge in [-0.3, -0.25) is 4.79 Å². The maximum atomic E-state index is 11.2. The minimum atomic E-state index is -1.55. The van der Waals surface area contributed by atoms with E-state index in [-0.39, 0.29) is 24.5 Å². The highest BCUT2D eigenvalue weighted by molar-refractivity contribution is 6.00. The van der Waals surface area contributed by atoms with Gasteiger partial charge in [-0.05, 0) is 24.6 Å². The number of rotatable bonds is 2. The number of amidine groups is 1. The van der Waals surface area contributed by atoms with Crippen molar-refractivity contribution in [2.45, 2.75) is 31.8 Å². The summed E-state index contributed by atoms with van der Waals surface area (Å²) in [5.41, 5.74) is 4.85. The first kappa shape index (κ1) is 16.5. The fraction of sp³-hybridized carbons (Fsp3) is 0.444. The Morgan fingerprint density at radius 3 is 2.54 bits per heavy atom. The van der Waals surface area contributed by atoms with Crippen LogP contribution in [-0.4, -0.2) is 30.4 Å². The number of benzene rings is 1. The minimum absolute atomic E-state index is 0.0617. The van der Waals surface area contributed by atoms with Crippen LogP contribution in [0.15, 0.2) is 29.3 Å². The second kappa shape index (κ2) is 5.04. The molecule has 2 fully saturated rings. The van der Waals surface area contributed by atoms with Crippen LogP contribution in [0.4, 0.5) is 5.69 Å². The fourth-order valence-electron chi connectivity index (χ4n) is 4.32. The van der Waals surface area contributed by atoms with Crippen LogP contribution >= 0.6 is 0 Å². The number of anilines is 1. The summed E-state index contributed by atoms with van der Waals surface area (Å²) in [4.78, 5) is 15.4. The molecule has 1 spiro atoms. The van der Waals surface area contributed by atoms with Crippen LogP contribution in [0, 0.1) is 33.5 Å². The Bertz CT molecular complexity index is 914. The van der Waals surface area contributed by atoms with Gasteiger partial charge >= 0.3 is 0 Å². The SMILES string of the molecule is CC(=O)Nc1ccc([C@H]2[C@]3(C#N)[C@]4(N=C(N)[C@@]23C#N)OC[C@@H](C)O4)cc1. The molecule has 4 rings (SSSR count). The molecule has 8 heteroatoms. The van der Waals surface area contributed by atoms with Gasteiger partial charge in [0.25, 0.3) is 5.91 Å². The van der Waals surface area contributed by atoms with Crippen LogP contribution in [0.3, 0.4) is 0 Å². The smallest absolute Gasteiger partial charge is 0.293 e. The van der Waals surface area contributed by atoms with Gasteiger partial charge in [0.1, 0.15) is 11.3 Å².